The van der Waals surface area contributed by atoms with Crippen LogP contribution in [0.15, 0.2) is 24.5 Å². The quantitative estimate of drug-likeness (QED) is 0.856. The van der Waals surface area contributed by atoms with Gasteiger partial charge in [-0.3, -0.25) is 9.88 Å². The Morgan fingerprint density at radius 2 is 2.10 bits per heavy atom. The fraction of sp³-hybridized carbons (Fsp3) is 0.706. The van der Waals surface area contributed by atoms with Gasteiger partial charge in [-0.1, -0.05) is 12.8 Å². The number of nitrogens with zero attached hydrogens (tertiary/aromatic N) is 2. The lowest BCUT2D eigenvalue weighted by atomic mass is 10.1. The monoisotopic (exact) mass is 288 g/mol. The molecule has 1 saturated heterocycles. The summed E-state index contributed by atoms with van der Waals surface area (Å²) < 4.78 is 12.2. The molecule has 4 nitrogen and oxygen atoms in total. The highest BCUT2D eigenvalue weighted by atomic mass is 16.5. The zero-order chi connectivity index (χ0) is 14.1. The molecule has 0 aromatic carbocycles. The van der Waals surface area contributed by atoms with Crippen molar-refractivity contribution < 1.29 is 9.47 Å². The summed E-state index contributed by atoms with van der Waals surface area (Å²) in [7, 11) is 0. The predicted octanol–water partition coefficient (Wildman–Crippen LogP) is 2.63. The number of hydrogen-bond donors (Lipinski definition) is 0. The van der Waals surface area contributed by atoms with Crippen LogP contribution in [0.5, 0.6) is 5.75 Å². The van der Waals surface area contributed by atoms with E-state index in [0.29, 0.717) is 6.04 Å². The van der Waals surface area contributed by atoms with E-state index in [4.69, 9.17) is 9.47 Å². The summed E-state index contributed by atoms with van der Waals surface area (Å²) in [5.41, 5.74) is 0. The molecule has 4 heteroatoms. The number of ether oxygens (including phenoxy) is 2. The van der Waals surface area contributed by atoms with Gasteiger partial charge >= 0.3 is 0 Å². The zero-order valence-corrected chi connectivity index (χ0v) is 12.5. The minimum absolute atomic E-state index is 0.184. The third-order valence-corrected chi connectivity index (χ3v) is 5.29. The molecule has 1 aliphatic heterocycles. The lowest BCUT2D eigenvalue weighted by Crippen LogP contribution is -2.55. The van der Waals surface area contributed by atoms with Gasteiger partial charge in [-0.05, 0) is 37.8 Å². The highest BCUT2D eigenvalue weighted by Gasteiger charge is 2.46. The Bertz CT molecular complexity index is 461. The highest BCUT2D eigenvalue weighted by molar-refractivity contribution is 5.17. The van der Waals surface area contributed by atoms with E-state index in [0.717, 1.165) is 31.4 Å². The minimum Gasteiger partial charge on any atom is -0.486 e. The van der Waals surface area contributed by atoms with Gasteiger partial charge in [-0.25, -0.2) is 0 Å². The van der Waals surface area contributed by atoms with Gasteiger partial charge in [-0.2, -0.15) is 0 Å². The molecule has 1 aromatic heterocycles. The first-order valence-corrected chi connectivity index (χ1v) is 8.36. The number of hydrogen-bond acceptors (Lipinski definition) is 4. The van der Waals surface area contributed by atoms with Crippen molar-refractivity contribution in [3.8, 4) is 5.75 Å². The third kappa shape index (κ3) is 2.67. The summed E-state index contributed by atoms with van der Waals surface area (Å²) in [4.78, 5) is 6.86. The summed E-state index contributed by atoms with van der Waals surface area (Å²) in [5.74, 6) is 0.865. The fourth-order valence-corrected chi connectivity index (χ4v) is 4.35. The number of morpholine rings is 1. The maximum Gasteiger partial charge on any atom is 0.138 e. The Hall–Kier alpha value is -1.13. The van der Waals surface area contributed by atoms with E-state index in [1.807, 2.05) is 12.1 Å². The molecule has 3 aliphatic rings. The average molecular weight is 288 g/mol. The number of pyridine rings is 1. The van der Waals surface area contributed by atoms with Gasteiger partial charge in [0.15, 0.2) is 0 Å². The molecule has 21 heavy (non-hydrogen) atoms. The van der Waals surface area contributed by atoms with Crippen molar-refractivity contribution in [3.63, 3.8) is 0 Å². The smallest absolute Gasteiger partial charge is 0.138 e. The lowest BCUT2D eigenvalue weighted by Gasteiger charge is -2.42. The SMILES string of the molecule is c1cncc(O[C@H]2CC[C@H]3[C@H]2OCCN3C2CCCC2)c1. The van der Waals surface area contributed by atoms with Crippen molar-refractivity contribution in [3.05, 3.63) is 24.5 Å². The summed E-state index contributed by atoms with van der Waals surface area (Å²) in [5, 5.41) is 0. The predicted molar refractivity (Wildman–Crippen MR) is 80.4 cm³/mol. The Morgan fingerprint density at radius 3 is 2.90 bits per heavy atom. The van der Waals surface area contributed by atoms with Crippen molar-refractivity contribution in [2.45, 2.75) is 62.8 Å². The Balaban J connectivity index is 1.45. The molecule has 2 aliphatic carbocycles. The molecule has 4 rings (SSSR count). The molecular weight excluding hydrogens is 264 g/mol. The molecule has 2 heterocycles. The second kappa shape index (κ2) is 5.93. The second-order valence-electron chi connectivity index (χ2n) is 6.50. The largest absolute Gasteiger partial charge is 0.486 e. The molecule has 2 saturated carbocycles. The molecular formula is C17H24N2O2. The van der Waals surface area contributed by atoms with Gasteiger partial charge in [0.05, 0.1) is 12.8 Å². The van der Waals surface area contributed by atoms with E-state index < -0.39 is 0 Å². The molecule has 0 bridgehead atoms. The van der Waals surface area contributed by atoms with Crippen LogP contribution in [0, 0.1) is 0 Å². The average Bonchev–Trinajstić information content (AvgIpc) is 3.18. The second-order valence-corrected chi connectivity index (χ2v) is 6.50. The first kappa shape index (κ1) is 13.5. The molecule has 0 spiro atoms. The van der Waals surface area contributed by atoms with Crippen LogP contribution in [-0.4, -0.2) is 47.3 Å². The van der Waals surface area contributed by atoms with Crippen molar-refractivity contribution in [1.82, 2.24) is 9.88 Å². The Kier molecular flexibility index (Phi) is 3.82. The van der Waals surface area contributed by atoms with Crippen LogP contribution in [0.3, 0.4) is 0 Å². The third-order valence-electron chi connectivity index (χ3n) is 5.29. The summed E-state index contributed by atoms with van der Waals surface area (Å²) in [6.07, 6.45) is 11.8. The first-order valence-electron chi connectivity index (χ1n) is 8.36. The Labute approximate surface area is 126 Å². The summed E-state index contributed by atoms with van der Waals surface area (Å²) in [6.45, 7) is 1.95. The van der Waals surface area contributed by atoms with Crippen molar-refractivity contribution in [1.29, 1.82) is 0 Å². The molecule has 3 fully saturated rings. The molecule has 114 valence electrons. The van der Waals surface area contributed by atoms with E-state index >= 15 is 0 Å². The van der Waals surface area contributed by atoms with Crippen LogP contribution < -0.4 is 4.74 Å². The normalized spacial score (nSPS) is 34.0. The zero-order valence-electron chi connectivity index (χ0n) is 12.5. The Morgan fingerprint density at radius 1 is 1.19 bits per heavy atom. The van der Waals surface area contributed by atoms with Crippen LogP contribution in [0.1, 0.15) is 38.5 Å². The van der Waals surface area contributed by atoms with E-state index in [-0.39, 0.29) is 12.2 Å². The number of rotatable bonds is 3. The van der Waals surface area contributed by atoms with Crippen molar-refractivity contribution >= 4 is 0 Å². The summed E-state index contributed by atoms with van der Waals surface area (Å²) >= 11 is 0. The van der Waals surface area contributed by atoms with Crippen molar-refractivity contribution in [2.24, 2.45) is 0 Å². The maximum absolute atomic E-state index is 6.14. The van der Waals surface area contributed by atoms with Crippen LogP contribution in [0.4, 0.5) is 0 Å². The van der Waals surface area contributed by atoms with Crippen molar-refractivity contribution in [2.75, 3.05) is 13.2 Å². The molecule has 0 radical (unpaired) electrons. The topological polar surface area (TPSA) is 34.6 Å². The molecule has 3 atom stereocenters. The highest BCUT2D eigenvalue weighted by Crippen LogP contribution is 2.36. The lowest BCUT2D eigenvalue weighted by molar-refractivity contribution is -0.100. The van der Waals surface area contributed by atoms with E-state index in [9.17, 15) is 0 Å². The van der Waals surface area contributed by atoms with Crippen LogP contribution >= 0.6 is 0 Å². The van der Waals surface area contributed by atoms with Gasteiger partial charge in [0, 0.05) is 24.8 Å². The standard InChI is InChI=1S/C17H24N2O2/c1-2-5-13(4-1)19-10-11-20-17-15(19)7-8-16(17)21-14-6-3-9-18-12-14/h3,6,9,12-13,15-17H,1-2,4-5,7-8,10-11H2/t15-,16-,17+/m0/s1. The van der Waals surface area contributed by atoms with Gasteiger partial charge < -0.3 is 9.47 Å². The fourth-order valence-electron chi connectivity index (χ4n) is 4.35. The van der Waals surface area contributed by atoms with Gasteiger partial charge in [0.1, 0.15) is 18.0 Å². The van der Waals surface area contributed by atoms with E-state index in [2.05, 4.69) is 9.88 Å². The van der Waals surface area contributed by atoms with Gasteiger partial charge in [-0.15, -0.1) is 0 Å². The van der Waals surface area contributed by atoms with E-state index in [1.165, 1.54) is 32.1 Å². The molecule has 0 unspecified atom stereocenters. The molecule has 0 N–H and O–H groups in total. The summed E-state index contributed by atoms with van der Waals surface area (Å²) in [6, 6.07) is 5.26. The van der Waals surface area contributed by atoms with Gasteiger partial charge in [0.25, 0.3) is 0 Å². The number of fused-ring (bicyclic) bond motifs is 1. The van der Waals surface area contributed by atoms with Crippen LogP contribution in [0.2, 0.25) is 0 Å². The maximum atomic E-state index is 6.14. The molecule has 0 amide bonds. The number of aromatic nitrogens is 1. The van der Waals surface area contributed by atoms with Crippen LogP contribution in [-0.2, 0) is 4.74 Å². The van der Waals surface area contributed by atoms with E-state index in [1.54, 1.807) is 12.4 Å². The van der Waals surface area contributed by atoms with Gasteiger partial charge in [0.2, 0.25) is 0 Å². The molecule has 1 aromatic rings. The minimum atomic E-state index is 0.184. The first-order chi connectivity index (χ1) is 10.4. The van der Waals surface area contributed by atoms with Crippen LogP contribution in [0.25, 0.3) is 0 Å².